The van der Waals surface area contributed by atoms with Gasteiger partial charge in [-0.2, -0.15) is 0 Å². The average Bonchev–Trinajstić information content (AvgIpc) is 2.68. The van der Waals surface area contributed by atoms with Crippen LogP contribution in [-0.4, -0.2) is 52.0 Å². The van der Waals surface area contributed by atoms with Crippen LogP contribution < -0.4 is 14.8 Å². The van der Waals surface area contributed by atoms with Crippen molar-refractivity contribution in [1.29, 1.82) is 0 Å². The van der Waals surface area contributed by atoms with Crippen LogP contribution in [0.2, 0.25) is 0 Å². The van der Waals surface area contributed by atoms with Crippen molar-refractivity contribution in [1.82, 2.24) is 10.2 Å². The van der Waals surface area contributed by atoms with E-state index in [2.05, 4.69) is 10.0 Å². The number of amides is 1. The zero-order chi connectivity index (χ0) is 19.4. The van der Waals surface area contributed by atoms with E-state index in [4.69, 9.17) is 4.74 Å². The molecule has 8 heteroatoms. The summed E-state index contributed by atoms with van der Waals surface area (Å²) in [6, 6.07) is 12.9. The monoisotopic (exact) mass is 389 g/mol. The van der Waals surface area contributed by atoms with E-state index < -0.39 is 10.0 Å². The molecular formula is C19H23N3O4S. The van der Waals surface area contributed by atoms with Crippen molar-refractivity contribution in [3.05, 3.63) is 54.1 Å². The highest BCUT2D eigenvalue weighted by molar-refractivity contribution is 7.92. The molecule has 0 spiro atoms. The van der Waals surface area contributed by atoms with Crippen molar-refractivity contribution in [2.24, 2.45) is 0 Å². The number of carbonyl (C=O) groups is 1. The minimum atomic E-state index is -3.86. The fourth-order valence-corrected chi connectivity index (χ4v) is 4.15. The first kappa shape index (κ1) is 19.2. The molecule has 27 heavy (non-hydrogen) atoms. The quantitative estimate of drug-likeness (QED) is 0.816. The van der Waals surface area contributed by atoms with Gasteiger partial charge in [-0.3, -0.25) is 9.52 Å². The summed E-state index contributed by atoms with van der Waals surface area (Å²) in [7, 11) is -2.39. The Morgan fingerprint density at radius 1 is 1.22 bits per heavy atom. The molecule has 0 unspecified atom stereocenters. The third kappa shape index (κ3) is 4.23. The first-order chi connectivity index (χ1) is 12.9. The van der Waals surface area contributed by atoms with Crippen LogP contribution in [0, 0.1) is 0 Å². The molecule has 1 atom stereocenters. The number of methoxy groups -OCH3 is 1. The molecule has 7 nitrogen and oxygen atoms in total. The first-order valence-electron chi connectivity index (χ1n) is 8.70. The third-order valence-electron chi connectivity index (χ3n) is 4.50. The van der Waals surface area contributed by atoms with Gasteiger partial charge in [0.15, 0.2) is 0 Å². The lowest BCUT2D eigenvalue weighted by molar-refractivity contribution is 0.0655. The zero-order valence-corrected chi connectivity index (χ0v) is 16.1. The molecular weight excluding hydrogens is 366 g/mol. The molecule has 0 radical (unpaired) electrons. The number of piperazine rings is 1. The summed E-state index contributed by atoms with van der Waals surface area (Å²) in [5.74, 6) is 0.251. The Morgan fingerprint density at radius 2 is 2.00 bits per heavy atom. The van der Waals surface area contributed by atoms with Crippen LogP contribution >= 0.6 is 0 Å². The smallest absolute Gasteiger partial charge is 0.262 e. The van der Waals surface area contributed by atoms with Gasteiger partial charge >= 0.3 is 0 Å². The number of ether oxygens (including phenoxy) is 1. The van der Waals surface area contributed by atoms with E-state index in [0.717, 1.165) is 13.1 Å². The Hall–Kier alpha value is -2.58. The zero-order valence-electron chi connectivity index (χ0n) is 15.3. The van der Waals surface area contributed by atoms with E-state index in [9.17, 15) is 13.2 Å². The van der Waals surface area contributed by atoms with E-state index in [1.165, 1.54) is 19.2 Å². The predicted octanol–water partition coefficient (Wildman–Crippen LogP) is 1.93. The van der Waals surface area contributed by atoms with Crippen molar-refractivity contribution in [3.8, 4) is 5.75 Å². The summed E-state index contributed by atoms with van der Waals surface area (Å²) in [6.07, 6.45) is 0. The van der Waals surface area contributed by atoms with Gasteiger partial charge in [-0.25, -0.2) is 8.42 Å². The standard InChI is InChI=1S/C19H23N3O4S/c1-14-13-20-10-11-22(14)19(23)15-6-5-7-16(12-15)27(24,25)21-17-8-3-4-9-18(17)26-2/h3-9,12,14,20-21H,10-11,13H2,1-2H3/t14-/m0/s1. The SMILES string of the molecule is COc1ccccc1NS(=O)(=O)c1cccc(C(=O)N2CCNC[C@@H]2C)c1. The predicted molar refractivity (Wildman–Crippen MR) is 104 cm³/mol. The molecule has 1 amide bonds. The van der Waals surface area contributed by atoms with Crippen molar-refractivity contribution < 1.29 is 17.9 Å². The number of sulfonamides is 1. The Balaban J connectivity index is 1.86. The van der Waals surface area contributed by atoms with Gasteiger partial charge < -0.3 is 15.0 Å². The maximum Gasteiger partial charge on any atom is 0.262 e. The molecule has 2 aromatic rings. The first-order valence-corrected chi connectivity index (χ1v) is 10.2. The molecule has 144 valence electrons. The van der Waals surface area contributed by atoms with Crippen molar-refractivity contribution in [2.45, 2.75) is 17.9 Å². The summed E-state index contributed by atoms with van der Waals surface area (Å²) >= 11 is 0. The summed E-state index contributed by atoms with van der Waals surface area (Å²) in [4.78, 5) is 14.6. The van der Waals surface area contributed by atoms with Crippen molar-refractivity contribution in [2.75, 3.05) is 31.5 Å². The maximum absolute atomic E-state index is 12.8. The summed E-state index contributed by atoms with van der Waals surface area (Å²) in [5, 5.41) is 3.23. The molecule has 3 rings (SSSR count). The number of nitrogens with zero attached hydrogens (tertiary/aromatic N) is 1. The number of rotatable bonds is 5. The van der Waals surface area contributed by atoms with Gasteiger partial charge in [0.1, 0.15) is 5.75 Å². The normalized spacial score (nSPS) is 17.4. The molecule has 1 aliphatic rings. The van der Waals surface area contributed by atoms with Gasteiger partial charge in [-0.05, 0) is 37.3 Å². The second-order valence-electron chi connectivity index (χ2n) is 6.39. The number of para-hydroxylation sites is 2. The molecule has 0 aromatic heterocycles. The largest absolute Gasteiger partial charge is 0.495 e. The molecule has 0 saturated carbocycles. The molecule has 2 aromatic carbocycles. The van der Waals surface area contributed by atoms with Crippen LogP contribution in [0.1, 0.15) is 17.3 Å². The highest BCUT2D eigenvalue weighted by atomic mass is 32.2. The average molecular weight is 389 g/mol. The topological polar surface area (TPSA) is 87.7 Å². The molecule has 1 heterocycles. The number of hydrogen-bond acceptors (Lipinski definition) is 5. The Bertz CT molecular complexity index is 930. The van der Waals surface area contributed by atoms with Crippen LogP contribution in [0.4, 0.5) is 5.69 Å². The summed E-state index contributed by atoms with van der Waals surface area (Å²) in [5.41, 5.74) is 0.694. The van der Waals surface area contributed by atoms with E-state index in [0.29, 0.717) is 23.5 Å². The Morgan fingerprint density at radius 3 is 2.74 bits per heavy atom. The van der Waals surface area contributed by atoms with Crippen LogP contribution in [0.3, 0.4) is 0 Å². The lowest BCUT2D eigenvalue weighted by atomic mass is 10.1. The number of carbonyl (C=O) groups excluding carboxylic acids is 1. The molecule has 1 fully saturated rings. The van der Waals surface area contributed by atoms with Gasteiger partial charge in [0.25, 0.3) is 15.9 Å². The minimum Gasteiger partial charge on any atom is -0.495 e. The Kier molecular flexibility index (Phi) is 5.67. The van der Waals surface area contributed by atoms with E-state index in [1.807, 2.05) is 6.92 Å². The van der Waals surface area contributed by atoms with Gasteiger partial charge in [-0.15, -0.1) is 0 Å². The van der Waals surface area contributed by atoms with Crippen LogP contribution in [-0.2, 0) is 10.0 Å². The summed E-state index contributed by atoms with van der Waals surface area (Å²) < 4.78 is 33.3. The highest BCUT2D eigenvalue weighted by Gasteiger charge is 2.25. The number of nitrogens with one attached hydrogen (secondary N) is 2. The third-order valence-corrected chi connectivity index (χ3v) is 5.87. The van der Waals surface area contributed by atoms with Crippen LogP contribution in [0.25, 0.3) is 0 Å². The lowest BCUT2D eigenvalue weighted by Gasteiger charge is -2.34. The lowest BCUT2D eigenvalue weighted by Crippen LogP contribution is -2.52. The van der Waals surface area contributed by atoms with E-state index in [1.54, 1.807) is 41.3 Å². The van der Waals surface area contributed by atoms with Crippen molar-refractivity contribution in [3.63, 3.8) is 0 Å². The van der Waals surface area contributed by atoms with Gasteiger partial charge in [0.05, 0.1) is 17.7 Å². The number of anilines is 1. The molecule has 0 aliphatic carbocycles. The molecule has 0 bridgehead atoms. The molecule has 2 N–H and O–H groups in total. The molecule has 1 aliphatic heterocycles. The Labute approximate surface area is 159 Å². The fourth-order valence-electron chi connectivity index (χ4n) is 3.04. The van der Waals surface area contributed by atoms with Gasteiger partial charge in [0.2, 0.25) is 0 Å². The fraction of sp³-hybridized carbons (Fsp3) is 0.316. The van der Waals surface area contributed by atoms with E-state index in [-0.39, 0.29) is 16.8 Å². The summed E-state index contributed by atoms with van der Waals surface area (Å²) in [6.45, 7) is 4.01. The van der Waals surface area contributed by atoms with E-state index >= 15 is 0 Å². The van der Waals surface area contributed by atoms with Crippen LogP contribution in [0.5, 0.6) is 5.75 Å². The van der Waals surface area contributed by atoms with Crippen LogP contribution in [0.15, 0.2) is 53.4 Å². The maximum atomic E-state index is 12.8. The molecule has 1 saturated heterocycles. The van der Waals surface area contributed by atoms with Crippen molar-refractivity contribution >= 4 is 21.6 Å². The highest BCUT2D eigenvalue weighted by Crippen LogP contribution is 2.26. The van der Waals surface area contributed by atoms with Gasteiger partial charge in [-0.1, -0.05) is 18.2 Å². The number of benzene rings is 2. The van der Waals surface area contributed by atoms with Gasteiger partial charge in [0, 0.05) is 31.2 Å². The number of hydrogen-bond donors (Lipinski definition) is 2. The second kappa shape index (κ2) is 7.98. The minimum absolute atomic E-state index is 0.0297. The second-order valence-corrected chi connectivity index (χ2v) is 8.07.